The first-order valence-corrected chi connectivity index (χ1v) is 9.57. The first-order valence-electron chi connectivity index (χ1n) is 7.04. The number of aromatic nitrogens is 2. The van der Waals surface area contributed by atoms with Crippen LogP contribution < -0.4 is 4.72 Å². The molecule has 3 rings (SSSR count). The monoisotopic (exact) mass is 343 g/mol. The van der Waals surface area contributed by atoms with Gasteiger partial charge in [0.05, 0.1) is 17.2 Å². The molecule has 0 bridgehead atoms. The number of nitrogens with one attached hydrogen (secondary N) is 1. The first kappa shape index (κ1) is 15.6. The van der Waals surface area contributed by atoms with E-state index in [0.29, 0.717) is 30.7 Å². The molecule has 7 nitrogen and oxygen atoms in total. The van der Waals surface area contributed by atoms with E-state index < -0.39 is 10.0 Å². The Bertz CT molecular complexity index is 691. The topological polar surface area (TPSA) is 94.3 Å². The summed E-state index contributed by atoms with van der Waals surface area (Å²) in [5.41, 5.74) is 0. The van der Waals surface area contributed by atoms with Crippen LogP contribution in [-0.4, -0.2) is 37.5 Å². The first-order chi connectivity index (χ1) is 10.6. The third-order valence-electron chi connectivity index (χ3n) is 3.47. The average Bonchev–Trinajstić information content (AvgIpc) is 3.24. The van der Waals surface area contributed by atoms with Crippen molar-refractivity contribution in [3.05, 3.63) is 23.3 Å². The second kappa shape index (κ2) is 6.86. The van der Waals surface area contributed by atoms with Gasteiger partial charge in [-0.25, -0.2) is 13.1 Å². The molecule has 0 amide bonds. The molecule has 0 saturated carbocycles. The van der Waals surface area contributed by atoms with Gasteiger partial charge in [-0.3, -0.25) is 0 Å². The van der Waals surface area contributed by atoms with Crippen molar-refractivity contribution in [2.45, 2.75) is 19.4 Å². The van der Waals surface area contributed by atoms with Gasteiger partial charge >= 0.3 is 0 Å². The van der Waals surface area contributed by atoms with E-state index in [0.717, 1.165) is 17.9 Å². The van der Waals surface area contributed by atoms with Crippen LogP contribution in [0.1, 0.15) is 18.7 Å². The molecule has 3 heterocycles. The standard InChI is InChI=1S/C13H17N3O4S2/c17-22(18,7-4-10-3-5-19-9-10)14-8-12-15-13(20-16-12)11-2-1-6-21-11/h1-2,6,10,14H,3-5,7-9H2. The fraction of sp³-hybridized carbons (Fsp3) is 0.538. The zero-order valence-corrected chi connectivity index (χ0v) is 13.5. The van der Waals surface area contributed by atoms with Gasteiger partial charge in [0.15, 0.2) is 5.82 Å². The molecule has 1 saturated heterocycles. The minimum absolute atomic E-state index is 0.0401. The van der Waals surface area contributed by atoms with E-state index in [9.17, 15) is 8.42 Å². The Morgan fingerprint density at radius 2 is 2.36 bits per heavy atom. The predicted octanol–water partition coefficient (Wildman–Crippen LogP) is 1.64. The fourth-order valence-electron chi connectivity index (χ4n) is 2.21. The molecule has 9 heteroatoms. The van der Waals surface area contributed by atoms with Crippen molar-refractivity contribution in [3.8, 4) is 10.8 Å². The minimum atomic E-state index is -3.34. The summed E-state index contributed by atoms with van der Waals surface area (Å²) in [6, 6.07) is 3.76. The maximum absolute atomic E-state index is 12.0. The van der Waals surface area contributed by atoms with E-state index >= 15 is 0 Å². The molecule has 22 heavy (non-hydrogen) atoms. The van der Waals surface area contributed by atoms with E-state index in [2.05, 4.69) is 14.9 Å². The Morgan fingerprint density at radius 1 is 1.45 bits per heavy atom. The van der Waals surface area contributed by atoms with Gasteiger partial charge in [0.1, 0.15) is 0 Å². The summed E-state index contributed by atoms with van der Waals surface area (Å²) >= 11 is 1.49. The lowest BCUT2D eigenvalue weighted by Gasteiger charge is -2.08. The zero-order chi connectivity index (χ0) is 15.4. The van der Waals surface area contributed by atoms with Gasteiger partial charge in [0.2, 0.25) is 10.0 Å². The van der Waals surface area contributed by atoms with Crippen LogP contribution >= 0.6 is 11.3 Å². The van der Waals surface area contributed by atoms with Crippen LogP contribution in [0.5, 0.6) is 0 Å². The van der Waals surface area contributed by atoms with Crippen molar-refractivity contribution in [3.63, 3.8) is 0 Å². The number of rotatable bonds is 7. The molecular weight excluding hydrogens is 326 g/mol. The molecule has 2 aromatic heterocycles. The van der Waals surface area contributed by atoms with Crippen LogP contribution in [0.3, 0.4) is 0 Å². The quantitative estimate of drug-likeness (QED) is 0.821. The molecule has 0 radical (unpaired) electrons. The number of ether oxygens (including phenoxy) is 1. The van der Waals surface area contributed by atoms with E-state index in [1.165, 1.54) is 11.3 Å². The van der Waals surface area contributed by atoms with Gasteiger partial charge in [-0.1, -0.05) is 11.2 Å². The SMILES string of the molecule is O=S(=O)(CCC1CCOC1)NCc1noc(-c2cccs2)n1. The summed E-state index contributed by atoms with van der Waals surface area (Å²) in [5, 5.41) is 5.70. The highest BCUT2D eigenvalue weighted by Gasteiger charge is 2.20. The van der Waals surface area contributed by atoms with Gasteiger partial charge in [0.25, 0.3) is 5.89 Å². The van der Waals surface area contributed by atoms with Gasteiger partial charge in [-0.15, -0.1) is 11.3 Å². The Morgan fingerprint density at radius 3 is 3.09 bits per heavy atom. The summed E-state index contributed by atoms with van der Waals surface area (Å²) in [6.07, 6.45) is 1.55. The van der Waals surface area contributed by atoms with Crippen molar-refractivity contribution < 1.29 is 17.7 Å². The summed E-state index contributed by atoms with van der Waals surface area (Å²) in [6.45, 7) is 1.43. The van der Waals surface area contributed by atoms with Crippen molar-refractivity contribution >= 4 is 21.4 Å². The molecule has 0 spiro atoms. The zero-order valence-electron chi connectivity index (χ0n) is 11.9. The molecule has 1 aliphatic rings. The Balaban J connectivity index is 1.50. The Labute approximate surface area is 132 Å². The highest BCUT2D eigenvalue weighted by atomic mass is 32.2. The minimum Gasteiger partial charge on any atom is -0.381 e. The molecule has 0 aliphatic carbocycles. The summed E-state index contributed by atoms with van der Waals surface area (Å²) in [4.78, 5) is 5.04. The van der Waals surface area contributed by atoms with Crippen molar-refractivity contribution in [1.29, 1.82) is 0 Å². The molecule has 1 unspecified atom stereocenters. The third-order valence-corrected chi connectivity index (χ3v) is 5.68. The Hall–Kier alpha value is -1.29. The molecule has 2 aromatic rings. The largest absolute Gasteiger partial charge is 0.381 e. The number of nitrogens with zero attached hydrogens (tertiary/aromatic N) is 2. The molecule has 1 aliphatic heterocycles. The smallest absolute Gasteiger partial charge is 0.268 e. The molecule has 1 N–H and O–H groups in total. The third kappa shape index (κ3) is 4.13. The summed E-state index contributed by atoms with van der Waals surface area (Å²) in [5.74, 6) is 1.17. The molecule has 120 valence electrons. The summed E-state index contributed by atoms with van der Waals surface area (Å²) in [7, 11) is -3.34. The Kier molecular flexibility index (Phi) is 4.87. The average molecular weight is 343 g/mol. The molecule has 1 atom stereocenters. The molecule has 1 fully saturated rings. The van der Waals surface area contributed by atoms with E-state index in [4.69, 9.17) is 9.26 Å². The van der Waals surface area contributed by atoms with E-state index in [-0.39, 0.29) is 12.3 Å². The molecule has 0 aromatic carbocycles. The lowest BCUT2D eigenvalue weighted by atomic mass is 10.1. The highest BCUT2D eigenvalue weighted by molar-refractivity contribution is 7.89. The van der Waals surface area contributed by atoms with Gasteiger partial charge in [-0.2, -0.15) is 4.98 Å². The number of sulfonamides is 1. The van der Waals surface area contributed by atoms with Crippen molar-refractivity contribution in [2.75, 3.05) is 19.0 Å². The predicted molar refractivity (Wildman–Crippen MR) is 81.8 cm³/mol. The van der Waals surface area contributed by atoms with E-state index in [1.54, 1.807) is 0 Å². The van der Waals surface area contributed by atoms with Crippen LogP contribution in [0.25, 0.3) is 10.8 Å². The normalized spacial score (nSPS) is 18.8. The van der Waals surface area contributed by atoms with Gasteiger partial charge < -0.3 is 9.26 Å². The van der Waals surface area contributed by atoms with Crippen LogP contribution in [0.2, 0.25) is 0 Å². The number of thiophene rings is 1. The van der Waals surface area contributed by atoms with Gasteiger partial charge in [0, 0.05) is 13.2 Å². The van der Waals surface area contributed by atoms with E-state index in [1.807, 2.05) is 17.5 Å². The maximum atomic E-state index is 12.0. The maximum Gasteiger partial charge on any atom is 0.268 e. The van der Waals surface area contributed by atoms with Crippen LogP contribution in [0.4, 0.5) is 0 Å². The van der Waals surface area contributed by atoms with Crippen LogP contribution in [0, 0.1) is 5.92 Å². The lowest BCUT2D eigenvalue weighted by Crippen LogP contribution is -2.27. The van der Waals surface area contributed by atoms with Crippen molar-refractivity contribution in [2.24, 2.45) is 5.92 Å². The second-order valence-electron chi connectivity index (χ2n) is 5.15. The fourth-order valence-corrected chi connectivity index (χ4v) is 3.99. The molecular formula is C13H17N3O4S2. The van der Waals surface area contributed by atoms with Gasteiger partial charge in [-0.05, 0) is 30.2 Å². The highest BCUT2D eigenvalue weighted by Crippen LogP contribution is 2.22. The van der Waals surface area contributed by atoms with Crippen LogP contribution in [0.15, 0.2) is 22.0 Å². The van der Waals surface area contributed by atoms with Crippen molar-refractivity contribution in [1.82, 2.24) is 14.9 Å². The number of hydrogen-bond donors (Lipinski definition) is 1. The number of hydrogen-bond acceptors (Lipinski definition) is 7. The second-order valence-corrected chi connectivity index (χ2v) is 8.03. The summed E-state index contributed by atoms with van der Waals surface area (Å²) < 4.78 is 36.8. The van der Waals surface area contributed by atoms with Crippen LogP contribution in [-0.2, 0) is 21.3 Å². The lowest BCUT2D eigenvalue weighted by molar-refractivity contribution is 0.185.